The van der Waals surface area contributed by atoms with Crippen LogP contribution >= 0.6 is 11.6 Å². The number of nitrogens with one attached hydrogen (secondary N) is 1. The molecule has 2 aromatic rings. The molecule has 1 unspecified atom stereocenters. The van der Waals surface area contributed by atoms with Crippen molar-refractivity contribution >= 4 is 17.3 Å². The lowest BCUT2D eigenvalue weighted by Gasteiger charge is -2.16. The lowest BCUT2D eigenvalue weighted by Crippen LogP contribution is -2.07. The van der Waals surface area contributed by atoms with E-state index in [0.29, 0.717) is 5.02 Å². The second-order valence-corrected chi connectivity index (χ2v) is 5.53. The lowest BCUT2D eigenvalue weighted by atomic mass is 10.0. The molecule has 0 saturated heterocycles. The summed E-state index contributed by atoms with van der Waals surface area (Å²) in [6.45, 7) is 2.09. The van der Waals surface area contributed by atoms with Crippen LogP contribution in [-0.4, -0.2) is 0 Å². The van der Waals surface area contributed by atoms with E-state index in [9.17, 15) is 4.39 Å². The van der Waals surface area contributed by atoms with Crippen LogP contribution in [0.1, 0.15) is 29.2 Å². The van der Waals surface area contributed by atoms with Crippen molar-refractivity contribution in [3.05, 3.63) is 63.9 Å². The largest absolute Gasteiger partial charge is 0.378 e. The number of anilines is 1. The normalized spacial score (nSPS) is 17.3. The molecule has 0 amide bonds. The van der Waals surface area contributed by atoms with Crippen molar-refractivity contribution in [3.63, 3.8) is 0 Å². The third-order valence-corrected chi connectivity index (χ3v) is 3.80. The van der Waals surface area contributed by atoms with Crippen molar-refractivity contribution in [1.29, 1.82) is 0 Å². The van der Waals surface area contributed by atoms with E-state index in [0.717, 1.165) is 18.5 Å². The maximum absolute atomic E-state index is 13.3. The molecule has 1 nitrogen and oxygen atoms in total. The summed E-state index contributed by atoms with van der Waals surface area (Å²) in [5.74, 6) is -0.308. The maximum atomic E-state index is 13.3. The Balaban J connectivity index is 1.88. The van der Waals surface area contributed by atoms with Crippen molar-refractivity contribution < 1.29 is 4.39 Å². The van der Waals surface area contributed by atoms with Crippen molar-refractivity contribution in [2.24, 2.45) is 0 Å². The summed E-state index contributed by atoms with van der Waals surface area (Å²) in [4.78, 5) is 0. The van der Waals surface area contributed by atoms with Crippen LogP contribution in [0.2, 0.25) is 5.02 Å². The molecular weight excluding hydrogens is 261 g/mol. The Kier molecular flexibility index (Phi) is 3.19. The minimum atomic E-state index is -0.308. The first-order valence-corrected chi connectivity index (χ1v) is 6.82. The van der Waals surface area contributed by atoms with Gasteiger partial charge in [0.25, 0.3) is 0 Å². The summed E-state index contributed by atoms with van der Waals surface area (Å²) in [5, 5.41) is 3.80. The molecule has 0 radical (unpaired) electrons. The molecule has 3 heteroatoms. The second kappa shape index (κ2) is 4.86. The summed E-state index contributed by atoms with van der Waals surface area (Å²) < 4.78 is 13.3. The topological polar surface area (TPSA) is 12.0 Å². The van der Waals surface area contributed by atoms with E-state index >= 15 is 0 Å². The minimum Gasteiger partial charge on any atom is -0.378 e. The van der Waals surface area contributed by atoms with Crippen molar-refractivity contribution in [1.82, 2.24) is 0 Å². The van der Waals surface area contributed by atoms with Crippen LogP contribution in [0.4, 0.5) is 10.1 Å². The lowest BCUT2D eigenvalue weighted by molar-refractivity contribution is 0.627. The van der Waals surface area contributed by atoms with E-state index in [-0.39, 0.29) is 11.9 Å². The van der Waals surface area contributed by atoms with Gasteiger partial charge in [-0.3, -0.25) is 0 Å². The van der Waals surface area contributed by atoms with Crippen LogP contribution in [-0.2, 0) is 6.42 Å². The first kappa shape index (κ1) is 12.5. The maximum Gasteiger partial charge on any atom is 0.126 e. The fourth-order valence-electron chi connectivity index (χ4n) is 2.71. The third kappa shape index (κ3) is 2.59. The van der Waals surface area contributed by atoms with Crippen LogP contribution in [0.25, 0.3) is 0 Å². The van der Waals surface area contributed by atoms with Gasteiger partial charge in [0, 0.05) is 10.7 Å². The van der Waals surface area contributed by atoms with Crippen LogP contribution in [0, 0.1) is 12.7 Å². The zero-order valence-corrected chi connectivity index (χ0v) is 11.5. The second-order valence-electron chi connectivity index (χ2n) is 5.10. The molecule has 98 valence electrons. The van der Waals surface area contributed by atoms with E-state index in [1.807, 2.05) is 0 Å². The van der Waals surface area contributed by atoms with Crippen molar-refractivity contribution in [2.45, 2.75) is 25.8 Å². The Hall–Kier alpha value is -1.54. The molecule has 1 aliphatic rings. The van der Waals surface area contributed by atoms with Crippen LogP contribution in [0.15, 0.2) is 36.4 Å². The summed E-state index contributed by atoms with van der Waals surface area (Å²) in [6, 6.07) is 11.3. The Labute approximate surface area is 117 Å². The first-order valence-electron chi connectivity index (χ1n) is 6.44. The van der Waals surface area contributed by atoms with Gasteiger partial charge in [-0.15, -0.1) is 0 Å². The molecule has 0 saturated carbocycles. The minimum absolute atomic E-state index is 0.243. The summed E-state index contributed by atoms with van der Waals surface area (Å²) >= 11 is 5.88. The van der Waals surface area contributed by atoms with Gasteiger partial charge >= 0.3 is 0 Å². The number of halogens is 2. The molecule has 0 spiro atoms. The third-order valence-electron chi connectivity index (χ3n) is 3.58. The molecule has 0 fully saturated rings. The number of aryl methyl sites for hydroxylation is 2. The highest BCUT2D eigenvalue weighted by Crippen LogP contribution is 2.35. The van der Waals surface area contributed by atoms with E-state index < -0.39 is 0 Å². The number of benzene rings is 2. The summed E-state index contributed by atoms with van der Waals surface area (Å²) in [5.41, 5.74) is 4.69. The number of rotatable bonds is 2. The summed E-state index contributed by atoms with van der Waals surface area (Å²) in [7, 11) is 0. The highest BCUT2D eigenvalue weighted by atomic mass is 35.5. The monoisotopic (exact) mass is 275 g/mol. The van der Waals surface area contributed by atoms with E-state index in [1.54, 1.807) is 6.07 Å². The average molecular weight is 276 g/mol. The van der Waals surface area contributed by atoms with Gasteiger partial charge in [-0.05, 0) is 49.1 Å². The quantitative estimate of drug-likeness (QED) is 0.823. The van der Waals surface area contributed by atoms with Gasteiger partial charge in [-0.25, -0.2) is 4.39 Å². The highest BCUT2D eigenvalue weighted by molar-refractivity contribution is 6.30. The molecule has 0 heterocycles. The number of hydrogen-bond acceptors (Lipinski definition) is 1. The Morgan fingerprint density at radius 2 is 2.05 bits per heavy atom. The van der Waals surface area contributed by atoms with Gasteiger partial charge in [0.15, 0.2) is 0 Å². The van der Waals surface area contributed by atoms with E-state index in [2.05, 4.69) is 30.4 Å². The molecule has 3 rings (SSSR count). The highest BCUT2D eigenvalue weighted by Gasteiger charge is 2.22. The van der Waals surface area contributed by atoms with Gasteiger partial charge in [0.1, 0.15) is 5.82 Å². The molecule has 1 aliphatic carbocycles. The smallest absolute Gasteiger partial charge is 0.126 e. The van der Waals surface area contributed by atoms with E-state index in [4.69, 9.17) is 11.6 Å². The Morgan fingerprint density at radius 3 is 2.84 bits per heavy atom. The predicted octanol–water partition coefficient (Wildman–Crippen LogP) is 4.89. The molecule has 19 heavy (non-hydrogen) atoms. The van der Waals surface area contributed by atoms with Crippen LogP contribution in [0.5, 0.6) is 0 Å². The van der Waals surface area contributed by atoms with Gasteiger partial charge in [-0.2, -0.15) is 0 Å². The van der Waals surface area contributed by atoms with Gasteiger partial charge in [-0.1, -0.05) is 35.4 Å². The molecular formula is C16H15ClFN. The molecule has 0 aliphatic heterocycles. The first-order chi connectivity index (χ1) is 9.11. The predicted molar refractivity (Wildman–Crippen MR) is 77.3 cm³/mol. The van der Waals surface area contributed by atoms with Gasteiger partial charge in [0.2, 0.25) is 0 Å². The summed E-state index contributed by atoms with van der Waals surface area (Å²) in [6.07, 6.45) is 2.10. The van der Waals surface area contributed by atoms with Gasteiger partial charge < -0.3 is 5.32 Å². The SMILES string of the molecule is Cc1ccc2c(c1)C(Nc1cc(F)cc(Cl)c1)CC2. The molecule has 0 aromatic heterocycles. The molecule has 2 aromatic carbocycles. The van der Waals surface area contributed by atoms with Crippen molar-refractivity contribution in [3.8, 4) is 0 Å². The zero-order chi connectivity index (χ0) is 13.4. The number of fused-ring (bicyclic) bond motifs is 1. The Morgan fingerprint density at radius 1 is 1.21 bits per heavy atom. The fourth-order valence-corrected chi connectivity index (χ4v) is 2.93. The van der Waals surface area contributed by atoms with Gasteiger partial charge in [0.05, 0.1) is 6.04 Å². The standard InChI is InChI=1S/C16H15ClFN/c1-10-2-3-11-4-5-16(15(11)6-10)19-14-8-12(17)7-13(18)9-14/h2-3,6-9,16,19H,4-5H2,1H3. The zero-order valence-electron chi connectivity index (χ0n) is 10.7. The van der Waals surface area contributed by atoms with Crippen molar-refractivity contribution in [2.75, 3.05) is 5.32 Å². The molecule has 1 atom stereocenters. The fraction of sp³-hybridized carbons (Fsp3) is 0.250. The molecule has 1 N–H and O–H groups in total. The van der Waals surface area contributed by atoms with Crippen LogP contribution < -0.4 is 5.32 Å². The Bertz CT molecular complexity index is 604. The number of hydrogen-bond donors (Lipinski definition) is 1. The molecule has 0 bridgehead atoms. The van der Waals surface area contributed by atoms with Crippen LogP contribution in [0.3, 0.4) is 0 Å². The average Bonchev–Trinajstić information content (AvgIpc) is 2.70. The van der Waals surface area contributed by atoms with E-state index in [1.165, 1.54) is 28.8 Å².